The van der Waals surface area contributed by atoms with E-state index >= 15 is 0 Å². The van der Waals surface area contributed by atoms with Gasteiger partial charge in [-0.05, 0) is 45.6 Å². The summed E-state index contributed by atoms with van der Waals surface area (Å²) in [7, 11) is 0. The average molecular weight is 700 g/mol. The average Bonchev–Trinajstić information content (AvgIpc) is 3.33. The molecule has 9 unspecified atom stereocenters. The first-order valence-corrected chi connectivity index (χ1v) is 12.2. The predicted octanol–water partition coefficient (Wildman–Crippen LogP) is 3.12. The third kappa shape index (κ3) is 2.88. The third-order valence-corrected chi connectivity index (χ3v) is 10.5. The van der Waals surface area contributed by atoms with Crippen molar-refractivity contribution in [2.45, 2.75) is 89.8 Å². The fourth-order valence-corrected chi connectivity index (χ4v) is 8.90. The fourth-order valence-electron chi connectivity index (χ4n) is 8.90. The Balaban J connectivity index is 0.00000253. The molecule has 6 rings (SSSR count). The Hall–Kier alpha value is -0.748. The first-order valence-electron chi connectivity index (χ1n) is 12.2. The minimum Gasteiger partial charge on any atom is -0.472 e. The van der Waals surface area contributed by atoms with Gasteiger partial charge in [0.2, 0.25) is 0 Å². The molecule has 3 saturated heterocycles. The van der Waals surface area contributed by atoms with Crippen LogP contribution < -0.4 is 0 Å². The summed E-state index contributed by atoms with van der Waals surface area (Å²) < 4.78 is 23.2. The van der Waals surface area contributed by atoms with E-state index in [0.29, 0.717) is 12.8 Å². The number of ketones is 1. The second kappa shape index (κ2) is 7.65. The molecular weight excluding hydrogens is 667 g/mol. The normalized spacial score (nSPS) is 49.7. The summed E-state index contributed by atoms with van der Waals surface area (Å²) in [6.07, 6.45) is 1.99. The summed E-state index contributed by atoms with van der Waals surface area (Å²) in [6, 6.07) is 1.79. The van der Waals surface area contributed by atoms with Crippen LogP contribution in [-0.2, 0) is 28.6 Å². The van der Waals surface area contributed by atoms with E-state index in [2.05, 4.69) is 0 Å². The number of furan rings is 1. The maximum atomic E-state index is 14.2. The molecular formula is C26H32AcO8. The van der Waals surface area contributed by atoms with Gasteiger partial charge >= 0.3 is 11.9 Å². The molecule has 1 aromatic rings. The van der Waals surface area contributed by atoms with Gasteiger partial charge in [0.05, 0.1) is 30.5 Å². The Morgan fingerprint density at radius 2 is 1.71 bits per heavy atom. The molecule has 4 heterocycles. The van der Waals surface area contributed by atoms with Crippen molar-refractivity contribution in [3.63, 3.8) is 0 Å². The number of Topliss-reactive ketones (excluding diaryl/α,β-unsaturated/α-hetero) is 1. The molecule has 8 nitrogen and oxygen atoms in total. The van der Waals surface area contributed by atoms with E-state index in [9.17, 15) is 19.5 Å². The van der Waals surface area contributed by atoms with Gasteiger partial charge in [-0.25, -0.2) is 4.79 Å². The summed E-state index contributed by atoms with van der Waals surface area (Å²) in [5, 5.41) is 11.4. The molecule has 3 aliphatic heterocycles. The second-order valence-corrected chi connectivity index (χ2v) is 12.2. The second-order valence-electron chi connectivity index (χ2n) is 12.2. The number of hydrogen-bond donors (Lipinski definition) is 1. The van der Waals surface area contributed by atoms with Crippen molar-refractivity contribution in [1.82, 2.24) is 0 Å². The van der Waals surface area contributed by atoms with Crippen molar-refractivity contribution in [2.75, 3.05) is 0 Å². The van der Waals surface area contributed by atoms with Crippen molar-refractivity contribution in [3.8, 4) is 0 Å². The molecule has 35 heavy (non-hydrogen) atoms. The maximum Gasteiger partial charge on any atom is 0.339 e. The molecule has 9 atom stereocenters. The van der Waals surface area contributed by atoms with E-state index in [1.54, 1.807) is 18.6 Å². The maximum absolute atomic E-state index is 14.2. The monoisotopic (exact) mass is 699 g/mol. The number of carbonyl (C=O) groups is 3. The number of hydrogen-bond acceptors (Lipinski definition) is 8. The molecule has 2 saturated carbocycles. The van der Waals surface area contributed by atoms with Gasteiger partial charge in [0.25, 0.3) is 0 Å². The molecule has 5 aliphatic rings. The third-order valence-electron chi connectivity index (χ3n) is 10.5. The van der Waals surface area contributed by atoms with Crippen LogP contribution in [0.4, 0.5) is 0 Å². The van der Waals surface area contributed by atoms with Crippen LogP contribution in [0.2, 0.25) is 0 Å². The molecule has 187 valence electrons. The Labute approximate surface area is 240 Å². The van der Waals surface area contributed by atoms with Crippen molar-refractivity contribution < 1.29 is 82.2 Å². The SMILES string of the molecule is CC1(C)OC(=O)CC(O)C2(C)C1CC(=O)C1(C)C2CCC2(C)C(c3ccoc3)OC(=O)C3OC321.[Ac]. The van der Waals surface area contributed by atoms with Gasteiger partial charge in [-0.1, -0.05) is 13.8 Å². The number of cyclic esters (lactones) is 2. The number of ether oxygens (including phenoxy) is 3. The molecule has 0 bridgehead atoms. The van der Waals surface area contributed by atoms with Gasteiger partial charge in [0.1, 0.15) is 23.1 Å². The molecule has 2 aliphatic carbocycles. The minimum absolute atomic E-state index is 0. The van der Waals surface area contributed by atoms with Gasteiger partial charge < -0.3 is 23.7 Å². The van der Waals surface area contributed by atoms with Crippen LogP contribution in [0.25, 0.3) is 0 Å². The number of aliphatic hydroxyl groups is 1. The molecule has 1 spiro atoms. The topological polar surface area (TPSA) is 116 Å². The van der Waals surface area contributed by atoms with Gasteiger partial charge in [-0.15, -0.1) is 0 Å². The van der Waals surface area contributed by atoms with Crippen molar-refractivity contribution in [1.29, 1.82) is 0 Å². The van der Waals surface area contributed by atoms with E-state index in [1.165, 1.54) is 0 Å². The number of rotatable bonds is 1. The van der Waals surface area contributed by atoms with Crippen LogP contribution in [0.5, 0.6) is 0 Å². The Kier molecular flexibility index (Phi) is 5.66. The van der Waals surface area contributed by atoms with Crippen LogP contribution in [0, 0.1) is 72.1 Å². The zero-order valence-electron chi connectivity index (χ0n) is 20.8. The van der Waals surface area contributed by atoms with Crippen LogP contribution in [0.15, 0.2) is 23.0 Å². The number of carbonyl (C=O) groups excluding carboxylic acids is 3. The molecule has 5 fully saturated rings. The van der Waals surface area contributed by atoms with E-state index < -0.39 is 57.7 Å². The molecule has 0 aromatic carbocycles. The largest absolute Gasteiger partial charge is 0.472 e. The fraction of sp³-hybridized carbons (Fsp3) is 0.731. The van der Waals surface area contributed by atoms with Crippen LogP contribution in [0.3, 0.4) is 0 Å². The van der Waals surface area contributed by atoms with Crippen LogP contribution >= 0.6 is 0 Å². The Bertz CT molecular complexity index is 1100. The number of aliphatic hydroxyl groups excluding tert-OH is 1. The van der Waals surface area contributed by atoms with Gasteiger partial charge in [0, 0.05) is 72.8 Å². The quantitative estimate of drug-likeness (QED) is 0.352. The summed E-state index contributed by atoms with van der Waals surface area (Å²) in [6.45, 7) is 9.61. The van der Waals surface area contributed by atoms with Gasteiger partial charge in [0.15, 0.2) is 6.10 Å². The summed E-state index contributed by atoms with van der Waals surface area (Å²) in [4.78, 5) is 39.8. The van der Waals surface area contributed by atoms with Crippen LogP contribution in [0.1, 0.15) is 72.0 Å². The Morgan fingerprint density at radius 1 is 1.00 bits per heavy atom. The molecule has 1 radical (unpaired) electrons. The number of fused-ring (bicyclic) bond motifs is 3. The van der Waals surface area contributed by atoms with Crippen molar-refractivity contribution in [3.05, 3.63) is 24.2 Å². The Morgan fingerprint density at radius 3 is 2.37 bits per heavy atom. The number of epoxide rings is 1. The van der Waals surface area contributed by atoms with Crippen LogP contribution in [-0.4, -0.2) is 46.2 Å². The summed E-state index contributed by atoms with van der Waals surface area (Å²) in [5.41, 5.74) is -3.69. The van der Waals surface area contributed by atoms with E-state index in [-0.39, 0.29) is 74.5 Å². The molecule has 0 amide bonds. The van der Waals surface area contributed by atoms with Crippen molar-refractivity contribution >= 4 is 17.7 Å². The van der Waals surface area contributed by atoms with Gasteiger partial charge in [-0.3, -0.25) is 9.59 Å². The summed E-state index contributed by atoms with van der Waals surface area (Å²) in [5.74, 6) is -1.59. The minimum atomic E-state index is -1.05. The number of esters is 2. The molecule has 1 aromatic heterocycles. The summed E-state index contributed by atoms with van der Waals surface area (Å²) >= 11 is 0. The van der Waals surface area contributed by atoms with E-state index in [4.69, 9.17) is 18.6 Å². The van der Waals surface area contributed by atoms with E-state index in [1.807, 2.05) is 34.6 Å². The van der Waals surface area contributed by atoms with E-state index in [0.717, 1.165) is 5.56 Å². The van der Waals surface area contributed by atoms with Crippen molar-refractivity contribution in [2.24, 2.45) is 28.1 Å². The first-order chi connectivity index (χ1) is 15.8. The smallest absolute Gasteiger partial charge is 0.339 e. The zero-order chi connectivity index (χ0) is 24.5. The predicted molar refractivity (Wildman–Crippen MR) is 116 cm³/mol. The molecule has 1 N–H and O–H groups in total. The zero-order valence-corrected chi connectivity index (χ0v) is 25.6. The first kappa shape index (κ1) is 25.9. The molecule has 9 heteroatoms. The standard InChI is InChI=1S/C26H32O8.Ac/c1-22(2)15-10-17(28)25(5)14(24(15,4)16(27)11-18(29)33-22)6-8-23(3)19(13-7-9-31-12-13)32-21(30)20-26(23,25)34-20;/h7,9,12,14-16,19-20,27H,6,8,10-11H2,1-5H3;. The van der Waals surface area contributed by atoms with Gasteiger partial charge in [-0.2, -0.15) is 0 Å².